The second-order valence-electron chi connectivity index (χ2n) is 3.29. The summed E-state index contributed by atoms with van der Waals surface area (Å²) >= 11 is 0. The summed E-state index contributed by atoms with van der Waals surface area (Å²) in [5.41, 5.74) is 5.72. The van der Waals surface area contributed by atoms with Crippen molar-refractivity contribution in [2.75, 3.05) is 0 Å². The summed E-state index contributed by atoms with van der Waals surface area (Å²) in [4.78, 5) is 10.6. The van der Waals surface area contributed by atoms with Crippen LogP contribution >= 0.6 is 0 Å². The number of hydrogen-bond donors (Lipinski definition) is 1. The minimum absolute atomic E-state index is 0.161. The van der Waals surface area contributed by atoms with Gasteiger partial charge in [-0.3, -0.25) is 4.79 Å². The normalized spacial score (nSPS) is 10.5. The molecule has 3 nitrogen and oxygen atoms in total. The third-order valence-electron chi connectivity index (χ3n) is 1.86. The smallest absolute Gasteiger partial charge is 0.236 e. The van der Waals surface area contributed by atoms with Crippen LogP contribution in [0.2, 0.25) is 0 Å². The van der Waals surface area contributed by atoms with Crippen molar-refractivity contribution in [1.82, 2.24) is 5.43 Å². The summed E-state index contributed by atoms with van der Waals surface area (Å²) in [6.07, 6.45) is 1.66. The molecule has 0 spiro atoms. The Labute approximate surface area is 83.8 Å². The van der Waals surface area contributed by atoms with E-state index in [0.29, 0.717) is 0 Å². The van der Waals surface area contributed by atoms with E-state index in [1.807, 2.05) is 32.0 Å². The maximum atomic E-state index is 10.6. The fraction of sp³-hybridized carbons (Fsp3) is 0.273. The van der Waals surface area contributed by atoms with Gasteiger partial charge in [0.1, 0.15) is 0 Å². The summed E-state index contributed by atoms with van der Waals surface area (Å²) in [7, 11) is 0. The van der Waals surface area contributed by atoms with Gasteiger partial charge in [0.05, 0.1) is 6.21 Å². The van der Waals surface area contributed by atoms with Crippen molar-refractivity contribution in [2.45, 2.75) is 20.8 Å². The van der Waals surface area contributed by atoms with E-state index < -0.39 is 0 Å². The lowest BCUT2D eigenvalue weighted by Gasteiger charge is -2.00. The van der Waals surface area contributed by atoms with Gasteiger partial charge < -0.3 is 0 Å². The largest absolute Gasteiger partial charge is 0.274 e. The summed E-state index contributed by atoms with van der Waals surface area (Å²) < 4.78 is 0. The van der Waals surface area contributed by atoms with Crippen molar-refractivity contribution in [3.63, 3.8) is 0 Å². The number of carbonyl (C=O) groups is 1. The average Bonchev–Trinajstić information content (AvgIpc) is 2.10. The van der Waals surface area contributed by atoms with E-state index in [9.17, 15) is 4.79 Å². The van der Waals surface area contributed by atoms with Gasteiger partial charge in [-0.05, 0) is 25.0 Å². The van der Waals surface area contributed by atoms with Crippen LogP contribution in [-0.2, 0) is 4.79 Å². The number of nitrogens with zero attached hydrogens (tertiary/aromatic N) is 1. The molecule has 0 saturated carbocycles. The van der Waals surface area contributed by atoms with Crippen LogP contribution in [0.4, 0.5) is 0 Å². The van der Waals surface area contributed by atoms with Gasteiger partial charge in [0.2, 0.25) is 5.91 Å². The van der Waals surface area contributed by atoms with Crippen molar-refractivity contribution >= 4 is 12.1 Å². The Morgan fingerprint density at radius 1 is 1.43 bits per heavy atom. The second-order valence-corrected chi connectivity index (χ2v) is 3.29. The summed E-state index contributed by atoms with van der Waals surface area (Å²) in [6, 6.07) is 6.11. The zero-order valence-electron chi connectivity index (χ0n) is 8.66. The Balaban J connectivity index is 2.80. The molecule has 1 aromatic rings. The van der Waals surface area contributed by atoms with Gasteiger partial charge in [0.15, 0.2) is 0 Å². The van der Waals surface area contributed by atoms with Crippen LogP contribution in [-0.4, -0.2) is 12.1 Å². The summed E-state index contributed by atoms with van der Waals surface area (Å²) in [5.74, 6) is -0.161. The number of benzene rings is 1. The highest BCUT2D eigenvalue weighted by molar-refractivity contribution is 5.83. The molecule has 0 aromatic heterocycles. The van der Waals surface area contributed by atoms with Gasteiger partial charge in [-0.15, -0.1) is 0 Å². The molecule has 0 saturated heterocycles. The highest BCUT2D eigenvalue weighted by atomic mass is 16.2. The van der Waals surface area contributed by atoms with Gasteiger partial charge in [-0.25, -0.2) is 5.43 Å². The molecule has 1 N–H and O–H groups in total. The van der Waals surface area contributed by atoms with E-state index in [1.165, 1.54) is 12.5 Å². The second kappa shape index (κ2) is 4.56. The number of carbonyl (C=O) groups excluding carboxylic acids is 1. The lowest BCUT2D eigenvalue weighted by molar-refractivity contribution is -0.118. The minimum atomic E-state index is -0.161. The Kier molecular flexibility index (Phi) is 3.40. The molecule has 0 aliphatic carbocycles. The van der Waals surface area contributed by atoms with E-state index in [-0.39, 0.29) is 5.91 Å². The van der Waals surface area contributed by atoms with E-state index in [0.717, 1.165) is 11.1 Å². The first kappa shape index (κ1) is 10.4. The van der Waals surface area contributed by atoms with Crippen molar-refractivity contribution in [3.05, 3.63) is 34.9 Å². The summed E-state index contributed by atoms with van der Waals surface area (Å²) in [5, 5.41) is 3.82. The topological polar surface area (TPSA) is 41.5 Å². The van der Waals surface area contributed by atoms with Crippen LogP contribution < -0.4 is 5.43 Å². The Bertz CT molecular complexity index is 370. The number of aryl methyl sites for hydroxylation is 2. The zero-order valence-corrected chi connectivity index (χ0v) is 8.66. The SMILES string of the molecule is CC(=O)N/N=C/c1cc(C)ccc1C. The van der Waals surface area contributed by atoms with Crippen LogP contribution in [0.15, 0.2) is 23.3 Å². The van der Waals surface area contributed by atoms with Crippen molar-refractivity contribution in [3.8, 4) is 0 Å². The average molecular weight is 190 g/mol. The fourth-order valence-electron chi connectivity index (χ4n) is 1.09. The van der Waals surface area contributed by atoms with E-state index >= 15 is 0 Å². The third-order valence-corrected chi connectivity index (χ3v) is 1.86. The van der Waals surface area contributed by atoms with E-state index in [2.05, 4.69) is 10.5 Å². The molecule has 1 rings (SSSR count). The molecule has 0 fully saturated rings. The maximum absolute atomic E-state index is 10.6. The lowest BCUT2D eigenvalue weighted by atomic mass is 10.1. The maximum Gasteiger partial charge on any atom is 0.236 e. The molecule has 3 heteroatoms. The molecule has 0 bridgehead atoms. The zero-order chi connectivity index (χ0) is 10.6. The van der Waals surface area contributed by atoms with Crippen LogP contribution in [0, 0.1) is 13.8 Å². The fourth-order valence-corrected chi connectivity index (χ4v) is 1.09. The van der Waals surface area contributed by atoms with E-state index in [1.54, 1.807) is 6.21 Å². The van der Waals surface area contributed by atoms with Crippen LogP contribution in [0.3, 0.4) is 0 Å². The molecule has 74 valence electrons. The Morgan fingerprint density at radius 3 is 2.79 bits per heavy atom. The van der Waals surface area contributed by atoms with Crippen LogP contribution in [0.5, 0.6) is 0 Å². The molecule has 0 aliphatic heterocycles. The highest BCUT2D eigenvalue weighted by Crippen LogP contribution is 2.07. The number of nitrogens with one attached hydrogen (secondary N) is 1. The first-order valence-electron chi connectivity index (χ1n) is 4.46. The number of hydrogen-bond acceptors (Lipinski definition) is 2. The van der Waals surface area contributed by atoms with Crippen molar-refractivity contribution < 1.29 is 4.79 Å². The van der Waals surface area contributed by atoms with Crippen molar-refractivity contribution in [2.24, 2.45) is 5.10 Å². The first-order chi connectivity index (χ1) is 6.59. The number of amides is 1. The molecule has 14 heavy (non-hydrogen) atoms. The standard InChI is InChI=1S/C11H14N2O/c1-8-4-5-9(2)11(6-8)7-12-13-10(3)14/h4-7H,1-3H3,(H,13,14)/b12-7+. The molecule has 0 heterocycles. The molecule has 0 aliphatic rings. The number of hydrazone groups is 1. The Hall–Kier alpha value is -1.64. The minimum Gasteiger partial charge on any atom is -0.274 e. The Morgan fingerprint density at radius 2 is 2.14 bits per heavy atom. The highest BCUT2D eigenvalue weighted by Gasteiger charge is 1.94. The predicted molar refractivity (Wildman–Crippen MR) is 57.3 cm³/mol. The van der Waals surface area contributed by atoms with Crippen molar-refractivity contribution in [1.29, 1.82) is 0 Å². The molecular formula is C11H14N2O. The predicted octanol–water partition coefficient (Wildman–Crippen LogP) is 1.77. The van der Waals surface area contributed by atoms with Gasteiger partial charge in [-0.2, -0.15) is 5.10 Å². The van der Waals surface area contributed by atoms with Gasteiger partial charge in [0.25, 0.3) is 0 Å². The lowest BCUT2D eigenvalue weighted by Crippen LogP contribution is -2.12. The van der Waals surface area contributed by atoms with Gasteiger partial charge >= 0.3 is 0 Å². The van der Waals surface area contributed by atoms with E-state index in [4.69, 9.17) is 0 Å². The summed E-state index contributed by atoms with van der Waals surface area (Å²) in [6.45, 7) is 5.46. The molecule has 0 unspecified atom stereocenters. The monoisotopic (exact) mass is 190 g/mol. The van der Waals surface area contributed by atoms with Crippen LogP contribution in [0.25, 0.3) is 0 Å². The molecule has 0 radical (unpaired) electrons. The third kappa shape index (κ3) is 3.01. The first-order valence-corrected chi connectivity index (χ1v) is 4.46. The quantitative estimate of drug-likeness (QED) is 0.560. The number of rotatable bonds is 2. The van der Waals surface area contributed by atoms with Crippen LogP contribution in [0.1, 0.15) is 23.6 Å². The molecule has 1 aromatic carbocycles. The molecular weight excluding hydrogens is 176 g/mol. The van der Waals surface area contributed by atoms with Gasteiger partial charge in [-0.1, -0.05) is 23.8 Å². The molecule has 1 amide bonds. The van der Waals surface area contributed by atoms with Gasteiger partial charge in [0, 0.05) is 6.92 Å². The molecule has 0 atom stereocenters.